The molecule has 0 aliphatic rings. The van der Waals surface area contributed by atoms with E-state index in [1.807, 2.05) is 20.0 Å². The normalized spacial score (nSPS) is 10.3. The highest BCUT2D eigenvalue weighted by molar-refractivity contribution is 5.38. The minimum absolute atomic E-state index is 0.599. The summed E-state index contributed by atoms with van der Waals surface area (Å²) in [7, 11) is 0. The molecule has 0 fully saturated rings. The van der Waals surface area contributed by atoms with Crippen LogP contribution in [0.3, 0.4) is 0 Å². The number of aryl methyl sites for hydroxylation is 1. The fourth-order valence-corrected chi connectivity index (χ4v) is 1.60. The van der Waals surface area contributed by atoms with Crippen LogP contribution in [0.25, 0.3) is 0 Å². The van der Waals surface area contributed by atoms with Crippen molar-refractivity contribution in [2.75, 3.05) is 18.5 Å². The highest BCUT2D eigenvalue weighted by Gasteiger charge is 2.02. The van der Waals surface area contributed by atoms with E-state index >= 15 is 0 Å². The first-order valence-electron chi connectivity index (χ1n) is 5.98. The fraction of sp³-hybridized carbons (Fsp3) is 0.417. The van der Waals surface area contributed by atoms with Gasteiger partial charge in [-0.25, -0.2) is 9.97 Å². The van der Waals surface area contributed by atoms with Crippen LogP contribution in [-0.4, -0.2) is 33.1 Å². The standard InChI is InChI=1S/C12H17N5O/c1-3-18-12-8-11(16-9(2)17-12)13-5-4-10-14-6-7-15-10/h6-8H,3-5H2,1-2H3,(H,14,15)(H,13,16,17). The van der Waals surface area contributed by atoms with Crippen molar-refractivity contribution in [3.63, 3.8) is 0 Å². The molecule has 18 heavy (non-hydrogen) atoms. The van der Waals surface area contributed by atoms with Gasteiger partial charge in [-0.15, -0.1) is 0 Å². The van der Waals surface area contributed by atoms with E-state index in [0.29, 0.717) is 18.3 Å². The van der Waals surface area contributed by atoms with Crippen molar-refractivity contribution in [1.82, 2.24) is 19.9 Å². The molecule has 2 aromatic rings. The molecule has 0 atom stereocenters. The summed E-state index contributed by atoms with van der Waals surface area (Å²) in [5, 5.41) is 3.23. The second-order valence-corrected chi connectivity index (χ2v) is 3.78. The topological polar surface area (TPSA) is 75.7 Å². The third-order valence-electron chi connectivity index (χ3n) is 2.33. The Labute approximate surface area is 106 Å². The van der Waals surface area contributed by atoms with E-state index in [1.54, 1.807) is 12.3 Å². The third-order valence-corrected chi connectivity index (χ3v) is 2.33. The first kappa shape index (κ1) is 12.3. The maximum Gasteiger partial charge on any atom is 0.218 e. The number of imidazole rings is 1. The Kier molecular flexibility index (Phi) is 4.11. The van der Waals surface area contributed by atoms with Crippen LogP contribution in [-0.2, 0) is 6.42 Å². The Morgan fingerprint density at radius 1 is 1.39 bits per heavy atom. The van der Waals surface area contributed by atoms with E-state index in [-0.39, 0.29) is 0 Å². The SMILES string of the molecule is CCOc1cc(NCCc2ncc[nH]2)nc(C)n1. The van der Waals surface area contributed by atoms with Crippen molar-refractivity contribution in [1.29, 1.82) is 0 Å². The fourth-order valence-electron chi connectivity index (χ4n) is 1.60. The van der Waals surface area contributed by atoms with E-state index in [9.17, 15) is 0 Å². The summed E-state index contributed by atoms with van der Waals surface area (Å²) >= 11 is 0. The zero-order chi connectivity index (χ0) is 12.8. The Morgan fingerprint density at radius 3 is 3.00 bits per heavy atom. The molecular formula is C12H17N5O. The molecule has 0 radical (unpaired) electrons. The molecule has 0 amide bonds. The van der Waals surface area contributed by atoms with Gasteiger partial charge < -0.3 is 15.0 Å². The summed E-state index contributed by atoms with van der Waals surface area (Å²) < 4.78 is 5.37. The maximum atomic E-state index is 5.37. The molecule has 0 unspecified atom stereocenters. The molecule has 0 saturated heterocycles. The zero-order valence-corrected chi connectivity index (χ0v) is 10.6. The minimum Gasteiger partial charge on any atom is -0.478 e. The van der Waals surface area contributed by atoms with Gasteiger partial charge in [0.1, 0.15) is 17.5 Å². The van der Waals surface area contributed by atoms with Crippen LogP contribution in [0.15, 0.2) is 18.5 Å². The number of rotatable bonds is 6. The highest BCUT2D eigenvalue weighted by Crippen LogP contribution is 2.13. The summed E-state index contributed by atoms with van der Waals surface area (Å²) in [6.45, 7) is 5.14. The van der Waals surface area contributed by atoms with Crippen LogP contribution in [0.5, 0.6) is 5.88 Å². The van der Waals surface area contributed by atoms with E-state index < -0.39 is 0 Å². The lowest BCUT2D eigenvalue weighted by atomic mass is 10.4. The summed E-state index contributed by atoms with van der Waals surface area (Å²) in [6, 6.07) is 1.80. The molecule has 96 valence electrons. The summed E-state index contributed by atoms with van der Waals surface area (Å²) in [5.74, 6) is 3.03. The molecule has 0 spiro atoms. The molecule has 6 nitrogen and oxygen atoms in total. The first-order chi connectivity index (χ1) is 8.78. The van der Waals surface area contributed by atoms with Gasteiger partial charge >= 0.3 is 0 Å². The maximum absolute atomic E-state index is 5.37. The van der Waals surface area contributed by atoms with Gasteiger partial charge in [0, 0.05) is 31.4 Å². The van der Waals surface area contributed by atoms with E-state index in [4.69, 9.17) is 4.74 Å². The summed E-state index contributed by atoms with van der Waals surface area (Å²) in [6.07, 6.45) is 4.38. The smallest absolute Gasteiger partial charge is 0.218 e. The lowest BCUT2D eigenvalue weighted by Gasteiger charge is -2.08. The molecule has 2 N–H and O–H groups in total. The molecule has 2 heterocycles. The van der Waals surface area contributed by atoms with Gasteiger partial charge in [0.15, 0.2) is 0 Å². The summed E-state index contributed by atoms with van der Waals surface area (Å²) in [5.41, 5.74) is 0. The van der Waals surface area contributed by atoms with Crippen molar-refractivity contribution in [2.24, 2.45) is 0 Å². The molecule has 2 rings (SSSR count). The number of hydrogen-bond donors (Lipinski definition) is 2. The molecule has 0 aliphatic heterocycles. The lowest BCUT2D eigenvalue weighted by molar-refractivity contribution is 0.325. The van der Waals surface area contributed by atoms with Crippen molar-refractivity contribution in [3.8, 4) is 5.88 Å². The molecule has 2 aromatic heterocycles. The number of H-pyrrole nitrogens is 1. The van der Waals surface area contributed by atoms with Gasteiger partial charge in [0.05, 0.1) is 6.61 Å². The Morgan fingerprint density at radius 2 is 2.28 bits per heavy atom. The number of nitrogens with zero attached hydrogens (tertiary/aromatic N) is 3. The second kappa shape index (κ2) is 6.00. The van der Waals surface area contributed by atoms with Gasteiger partial charge in [-0.05, 0) is 13.8 Å². The third kappa shape index (κ3) is 3.44. The van der Waals surface area contributed by atoms with Crippen LogP contribution in [0.4, 0.5) is 5.82 Å². The largest absolute Gasteiger partial charge is 0.478 e. The number of nitrogens with one attached hydrogen (secondary N) is 2. The molecule has 0 bridgehead atoms. The molecular weight excluding hydrogens is 230 g/mol. The average Bonchev–Trinajstić information content (AvgIpc) is 2.82. The van der Waals surface area contributed by atoms with Crippen LogP contribution in [0, 0.1) is 6.92 Å². The van der Waals surface area contributed by atoms with Gasteiger partial charge in [0.25, 0.3) is 0 Å². The van der Waals surface area contributed by atoms with E-state index in [0.717, 1.165) is 24.6 Å². The Hall–Kier alpha value is -2.11. The van der Waals surface area contributed by atoms with Crippen LogP contribution in [0.1, 0.15) is 18.6 Å². The molecule has 0 aliphatic carbocycles. The molecule has 6 heteroatoms. The number of anilines is 1. The van der Waals surface area contributed by atoms with Gasteiger partial charge in [-0.3, -0.25) is 0 Å². The second-order valence-electron chi connectivity index (χ2n) is 3.78. The average molecular weight is 247 g/mol. The van der Waals surface area contributed by atoms with E-state index in [2.05, 4.69) is 25.3 Å². The first-order valence-corrected chi connectivity index (χ1v) is 5.98. The predicted molar refractivity (Wildman–Crippen MR) is 68.7 cm³/mol. The van der Waals surface area contributed by atoms with Gasteiger partial charge in [-0.1, -0.05) is 0 Å². The van der Waals surface area contributed by atoms with Crippen molar-refractivity contribution >= 4 is 5.82 Å². The Balaban J connectivity index is 1.92. The lowest BCUT2D eigenvalue weighted by Crippen LogP contribution is -2.09. The monoisotopic (exact) mass is 247 g/mol. The van der Waals surface area contributed by atoms with Crippen LogP contribution in [0.2, 0.25) is 0 Å². The van der Waals surface area contributed by atoms with Gasteiger partial charge in [0.2, 0.25) is 5.88 Å². The zero-order valence-electron chi connectivity index (χ0n) is 10.6. The van der Waals surface area contributed by atoms with Crippen LogP contribution >= 0.6 is 0 Å². The summed E-state index contributed by atoms with van der Waals surface area (Å²) in [4.78, 5) is 15.7. The number of aromatic amines is 1. The number of hydrogen-bond acceptors (Lipinski definition) is 5. The van der Waals surface area contributed by atoms with Crippen molar-refractivity contribution in [3.05, 3.63) is 30.1 Å². The van der Waals surface area contributed by atoms with Gasteiger partial charge in [-0.2, -0.15) is 4.98 Å². The molecule has 0 saturated carbocycles. The van der Waals surface area contributed by atoms with E-state index in [1.165, 1.54) is 0 Å². The van der Waals surface area contributed by atoms with Crippen LogP contribution < -0.4 is 10.1 Å². The molecule has 0 aromatic carbocycles. The number of aromatic nitrogens is 4. The highest BCUT2D eigenvalue weighted by atomic mass is 16.5. The Bertz CT molecular complexity index is 483. The van der Waals surface area contributed by atoms with Crippen molar-refractivity contribution < 1.29 is 4.74 Å². The quantitative estimate of drug-likeness (QED) is 0.810. The number of ether oxygens (including phenoxy) is 1. The predicted octanol–water partition coefficient (Wildman–Crippen LogP) is 1.56. The van der Waals surface area contributed by atoms with Crippen molar-refractivity contribution in [2.45, 2.75) is 20.3 Å². The minimum atomic E-state index is 0.599.